The summed E-state index contributed by atoms with van der Waals surface area (Å²) in [5.74, 6) is -1.45. The molecule has 5 nitrogen and oxygen atoms in total. The maximum atomic E-state index is 12.7. The molecule has 1 N–H and O–H groups in total. The Balaban J connectivity index is 3.33. The van der Waals surface area contributed by atoms with Crippen molar-refractivity contribution in [1.29, 1.82) is 0 Å². The number of carboxylic acids is 1. The van der Waals surface area contributed by atoms with E-state index in [0.717, 1.165) is 0 Å². The molecule has 0 fully saturated rings. The van der Waals surface area contributed by atoms with Gasteiger partial charge in [-0.05, 0) is 0 Å². The monoisotopic (exact) mass is 247 g/mol. The van der Waals surface area contributed by atoms with Crippen LogP contribution in [0.15, 0.2) is 6.07 Å². The van der Waals surface area contributed by atoms with E-state index >= 15 is 0 Å². The number of carbonyl (C=O) groups is 1. The van der Waals surface area contributed by atoms with Crippen LogP contribution in [0.4, 0.5) is 8.78 Å². The zero-order chi connectivity index (χ0) is 13.0. The number of aliphatic carboxylic acids is 1. The van der Waals surface area contributed by atoms with E-state index in [0.29, 0.717) is 0 Å². The number of methoxy groups -OCH3 is 2. The number of aromatic nitrogens is 1. The maximum Gasteiger partial charge on any atom is 0.307 e. The van der Waals surface area contributed by atoms with Gasteiger partial charge in [-0.3, -0.25) is 4.79 Å². The first-order valence-electron chi connectivity index (χ1n) is 4.61. The third-order valence-corrected chi connectivity index (χ3v) is 2.01. The first-order chi connectivity index (χ1) is 7.99. The van der Waals surface area contributed by atoms with E-state index < -0.39 is 24.5 Å². The molecule has 1 aromatic heterocycles. The molecule has 1 heterocycles. The van der Waals surface area contributed by atoms with Gasteiger partial charge in [0, 0.05) is 11.6 Å². The molecule has 0 spiro atoms. The van der Waals surface area contributed by atoms with Gasteiger partial charge in [0.2, 0.25) is 5.88 Å². The molecule has 94 valence electrons. The van der Waals surface area contributed by atoms with Crippen LogP contribution in [-0.2, 0) is 11.2 Å². The Labute approximate surface area is 96.0 Å². The van der Waals surface area contributed by atoms with E-state index in [1.165, 1.54) is 20.3 Å². The van der Waals surface area contributed by atoms with Crippen molar-refractivity contribution < 1.29 is 28.2 Å². The van der Waals surface area contributed by atoms with Gasteiger partial charge in [0.15, 0.2) is 5.69 Å². The Kier molecular flexibility index (Phi) is 4.19. The van der Waals surface area contributed by atoms with Crippen molar-refractivity contribution in [2.75, 3.05) is 14.2 Å². The van der Waals surface area contributed by atoms with Gasteiger partial charge in [0.1, 0.15) is 5.75 Å². The summed E-state index contributed by atoms with van der Waals surface area (Å²) in [5.41, 5.74) is -0.523. The number of halogens is 2. The lowest BCUT2D eigenvalue weighted by Crippen LogP contribution is -2.07. The SMILES string of the molecule is COc1cc(CC(=O)O)c(OC)c(C(F)F)n1. The van der Waals surface area contributed by atoms with E-state index in [4.69, 9.17) is 14.6 Å². The molecule has 0 aliphatic heterocycles. The zero-order valence-electron chi connectivity index (χ0n) is 9.24. The molecule has 17 heavy (non-hydrogen) atoms. The highest BCUT2D eigenvalue weighted by Crippen LogP contribution is 2.33. The van der Waals surface area contributed by atoms with Crippen LogP contribution in [0.25, 0.3) is 0 Å². The lowest BCUT2D eigenvalue weighted by atomic mass is 10.1. The smallest absolute Gasteiger partial charge is 0.307 e. The fraction of sp³-hybridized carbons (Fsp3) is 0.400. The number of rotatable bonds is 5. The number of pyridine rings is 1. The van der Waals surface area contributed by atoms with Gasteiger partial charge in [-0.25, -0.2) is 13.8 Å². The van der Waals surface area contributed by atoms with Crippen LogP contribution in [0, 0.1) is 0 Å². The Bertz CT molecular complexity index is 423. The summed E-state index contributed by atoms with van der Waals surface area (Å²) in [6.07, 6.45) is -3.31. The van der Waals surface area contributed by atoms with Crippen molar-refractivity contribution in [3.63, 3.8) is 0 Å². The van der Waals surface area contributed by atoms with Crippen molar-refractivity contribution in [3.05, 3.63) is 17.3 Å². The minimum absolute atomic E-state index is 0.0719. The molecule has 0 saturated carbocycles. The molecular weight excluding hydrogens is 236 g/mol. The van der Waals surface area contributed by atoms with Gasteiger partial charge in [0.05, 0.1) is 20.6 Å². The molecule has 0 aliphatic rings. The predicted octanol–water partition coefficient (Wildman–Crippen LogP) is 1.66. The number of alkyl halides is 2. The van der Waals surface area contributed by atoms with Crippen LogP contribution in [0.2, 0.25) is 0 Å². The average Bonchev–Trinajstić information content (AvgIpc) is 2.26. The lowest BCUT2D eigenvalue weighted by Gasteiger charge is -2.12. The first kappa shape index (κ1) is 13.1. The molecule has 0 radical (unpaired) electrons. The Morgan fingerprint density at radius 1 is 1.47 bits per heavy atom. The zero-order valence-corrected chi connectivity index (χ0v) is 9.24. The quantitative estimate of drug-likeness (QED) is 0.857. The van der Waals surface area contributed by atoms with E-state index in [2.05, 4.69) is 4.98 Å². The minimum Gasteiger partial charge on any atom is -0.494 e. The summed E-state index contributed by atoms with van der Waals surface area (Å²) >= 11 is 0. The molecule has 0 aliphatic carbocycles. The predicted molar refractivity (Wildman–Crippen MR) is 53.6 cm³/mol. The summed E-state index contributed by atoms with van der Waals surface area (Å²) in [4.78, 5) is 14.2. The van der Waals surface area contributed by atoms with E-state index in [1.807, 2.05) is 0 Å². The second-order valence-corrected chi connectivity index (χ2v) is 3.11. The summed E-state index contributed by atoms with van der Waals surface area (Å²) in [6.45, 7) is 0. The van der Waals surface area contributed by atoms with E-state index in [9.17, 15) is 13.6 Å². The summed E-state index contributed by atoms with van der Waals surface area (Å²) in [6, 6.07) is 1.26. The standard InChI is InChI=1S/C10H11F2NO4/c1-16-6-3-5(4-7(14)15)9(17-2)8(13-6)10(11)12/h3,10H,4H2,1-2H3,(H,14,15). The maximum absolute atomic E-state index is 12.7. The average molecular weight is 247 g/mol. The number of ether oxygens (including phenoxy) is 2. The van der Waals surface area contributed by atoms with Crippen molar-refractivity contribution in [1.82, 2.24) is 4.98 Å². The number of hydrogen-bond acceptors (Lipinski definition) is 4. The summed E-state index contributed by atoms with van der Waals surface area (Å²) in [5, 5.41) is 8.68. The summed E-state index contributed by atoms with van der Waals surface area (Å²) < 4.78 is 34.9. The molecule has 1 rings (SSSR count). The fourth-order valence-corrected chi connectivity index (χ4v) is 1.36. The molecule has 0 saturated heterocycles. The van der Waals surface area contributed by atoms with Crippen LogP contribution >= 0.6 is 0 Å². The molecule has 0 amide bonds. The molecule has 0 aromatic carbocycles. The fourth-order valence-electron chi connectivity index (χ4n) is 1.36. The van der Waals surface area contributed by atoms with Crippen LogP contribution in [0.1, 0.15) is 17.7 Å². The minimum atomic E-state index is -2.87. The van der Waals surface area contributed by atoms with Crippen molar-refractivity contribution in [3.8, 4) is 11.6 Å². The Morgan fingerprint density at radius 3 is 2.53 bits per heavy atom. The lowest BCUT2D eigenvalue weighted by molar-refractivity contribution is -0.136. The van der Waals surface area contributed by atoms with Crippen molar-refractivity contribution in [2.45, 2.75) is 12.8 Å². The molecular formula is C10H11F2NO4. The van der Waals surface area contributed by atoms with Crippen LogP contribution in [-0.4, -0.2) is 30.3 Å². The van der Waals surface area contributed by atoms with Crippen molar-refractivity contribution >= 4 is 5.97 Å². The molecule has 0 atom stereocenters. The Hall–Kier alpha value is -1.92. The molecule has 0 unspecified atom stereocenters. The third kappa shape index (κ3) is 3.02. The van der Waals surface area contributed by atoms with Crippen LogP contribution in [0.3, 0.4) is 0 Å². The van der Waals surface area contributed by atoms with Gasteiger partial charge < -0.3 is 14.6 Å². The van der Waals surface area contributed by atoms with Gasteiger partial charge in [-0.15, -0.1) is 0 Å². The van der Waals surface area contributed by atoms with Gasteiger partial charge in [-0.1, -0.05) is 0 Å². The number of nitrogens with zero attached hydrogens (tertiary/aromatic N) is 1. The van der Waals surface area contributed by atoms with Crippen LogP contribution in [0.5, 0.6) is 11.6 Å². The van der Waals surface area contributed by atoms with E-state index in [1.54, 1.807) is 0 Å². The first-order valence-corrected chi connectivity index (χ1v) is 4.61. The van der Waals surface area contributed by atoms with E-state index in [-0.39, 0.29) is 17.2 Å². The highest BCUT2D eigenvalue weighted by atomic mass is 19.3. The molecule has 0 bridgehead atoms. The number of carboxylic acid groups (broad SMARTS) is 1. The van der Waals surface area contributed by atoms with Gasteiger partial charge in [-0.2, -0.15) is 0 Å². The molecule has 1 aromatic rings. The van der Waals surface area contributed by atoms with Gasteiger partial charge in [0.25, 0.3) is 6.43 Å². The molecule has 7 heteroatoms. The Morgan fingerprint density at radius 2 is 2.12 bits per heavy atom. The topological polar surface area (TPSA) is 68.7 Å². The van der Waals surface area contributed by atoms with Gasteiger partial charge >= 0.3 is 5.97 Å². The summed E-state index contributed by atoms with van der Waals surface area (Å²) in [7, 11) is 2.44. The largest absolute Gasteiger partial charge is 0.494 e. The van der Waals surface area contributed by atoms with Crippen LogP contribution < -0.4 is 9.47 Å². The second kappa shape index (κ2) is 5.42. The third-order valence-electron chi connectivity index (χ3n) is 2.01. The normalized spacial score (nSPS) is 10.4. The second-order valence-electron chi connectivity index (χ2n) is 3.11. The highest BCUT2D eigenvalue weighted by molar-refractivity contribution is 5.71. The number of hydrogen-bond donors (Lipinski definition) is 1. The highest BCUT2D eigenvalue weighted by Gasteiger charge is 2.22. The van der Waals surface area contributed by atoms with Crippen molar-refractivity contribution in [2.24, 2.45) is 0 Å².